The molecule has 0 bridgehead atoms. The van der Waals surface area contributed by atoms with Crippen molar-refractivity contribution in [3.05, 3.63) is 29.8 Å². The Bertz CT molecular complexity index is 454. The lowest BCUT2D eigenvalue weighted by atomic mass is 10.0. The van der Waals surface area contributed by atoms with E-state index in [0.29, 0.717) is 12.4 Å². The number of nitrogens with one attached hydrogen (secondary N) is 1. The molecular weight excluding hydrogens is 258 g/mol. The summed E-state index contributed by atoms with van der Waals surface area (Å²) in [5.41, 5.74) is 1.09. The summed E-state index contributed by atoms with van der Waals surface area (Å²) < 4.78 is 5.71. The highest BCUT2D eigenvalue weighted by molar-refractivity contribution is 8.01. The SMILES string of the molecule is CC(C)(C)SCC(=O)NC1CCOc2ccccc21. The van der Waals surface area contributed by atoms with E-state index in [1.165, 1.54) is 0 Å². The first kappa shape index (κ1) is 14.3. The Kier molecular flexibility index (Phi) is 4.40. The molecule has 1 unspecified atom stereocenters. The van der Waals surface area contributed by atoms with Crippen LogP contribution in [0.5, 0.6) is 5.75 Å². The normalized spacial score (nSPS) is 18.4. The largest absolute Gasteiger partial charge is 0.493 e. The van der Waals surface area contributed by atoms with Gasteiger partial charge in [-0.25, -0.2) is 0 Å². The topological polar surface area (TPSA) is 38.3 Å². The maximum atomic E-state index is 12.0. The average molecular weight is 279 g/mol. The van der Waals surface area contributed by atoms with Crippen molar-refractivity contribution in [1.29, 1.82) is 0 Å². The standard InChI is InChI=1S/C15H21NO2S/c1-15(2,3)19-10-14(17)16-12-8-9-18-13-7-5-4-6-11(12)13/h4-7,12H,8-10H2,1-3H3,(H,16,17). The summed E-state index contributed by atoms with van der Waals surface area (Å²) in [6.07, 6.45) is 0.836. The number of carbonyl (C=O) groups is 1. The first-order chi connectivity index (χ1) is 8.96. The Hall–Kier alpha value is -1.16. The molecule has 1 amide bonds. The van der Waals surface area contributed by atoms with Gasteiger partial charge in [0, 0.05) is 16.7 Å². The van der Waals surface area contributed by atoms with Crippen LogP contribution in [0, 0.1) is 0 Å². The first-order valence-corrected chi connectivity index (χ1v) is 7.59. The fraction of sp³-hybridized carbons (Fsp3) is 0.533. The van der Waals surface area contributed by atoms with Gasteiger partial charge in [0.05, 0.1) is 18.4 Å². The van der Waals surface area contributed by atoms with Crippen molar-refractivity contribution in [3.63, 3.8) is 0 Å². The van der Waals surface area contributed by atoms with E-state index in [9.17, 15) is 4.79 Å². The van der Waals surface area contributed by atoms with Crippen LogP contribution in [0.1, 0.15) is 38.8 Å². The zero-order valence-electron chi connectivity index (χ0n) is 11.7. The third-order valence-corrected chi connectivity index (χ3v) is 4.20. The van der Waals surface area contributed by atoms with Gasteiger partial charge in [-0.3, -0.25) is 4.79 Å². The van der Waals surface area contributed by atoms with Gasteiger partial charge in [0.1, 0.15) is 5.75 Å². The zero-order chi connectivity index (χ0) is 13.9. The van der Waals surface area contributed by atoms with Crippen LogP contribution in [-0.4, -0.2) is 23.0 Å². The fourth-order valence-electron chi connectivity index (χ4n) is 2.01. The Morgan fingerprint density at radius 3 is 2.89 bits per heavy atom. The van der Waals surface area contributed by atoms with E-state index in [4.69, 9.17) is 4.74 Å². The van der Waals surface area contributed by atoms with Crippen LogP contribution < -0.4 is 10.1 Å². The molecule has 0 saturated heterocycles. The number of fused-ring (bicyclic) bond motifs is 1. The predicted octanol–water partition coefficient (Wildman–Crippen LogP) is 3.16. The summed E-state index contributed by atoms with van der Waals surface area (Å²) >= 11 is 1.67. The van der Waals surface area contributed by atoms with Gasteiger partial charge in [-0.15, -0.1) is 11.8 Å². The minimum Gasteiger partial charge on any atom is -0.493 e. The molecule has 0 spiro atoms. The number of para-hydroxylation sites is 1. The zero-order valence-corrected chi connectivity index (χ0v) is 12.5. The van der Waals surface area contributed by atoms with Crippen LogP contribution in [0.25, 0.3) is 0 Å². The first-order valence-electron chi connectivity index (χ1n) is 6.61. The molecule has 1 aromatic carbocycles. The van der Waals surface area contributed by atoms with Gasteiger partial charge in [-0.1, -0.05) is 39.0 Å². The maximum absolute atomic E-state index is 12.0. The van der Waals surface area contributed by atoms with Crippen molar-refractivity contribution < 1.29 is 9.53 Å². The third kappa shape index (κ3) is 4.16. The minimum atomic E-state index is 0.0815. The average Bonchev–Trinajstić information content (AvgIpc) is 2.36. The van der Waals surface area contributed by atoms with Crippen LogP contribution >= 0.6 is 11.8 Å². The molecular formula is C15H21NO2S. The Morgan fingerprint density at radius 2 is 2.16 bits per heavy atom. The number of ether oxygens (including phenoxy) is 1. The van der Waals surface area contributed by atoms with Crippen molar-refractivity contribution in [2.75, 3.05) is 12.4 Å². The summed E-state index contributed by atoms with van der Waals surface area (Å²) in [7, 11) is 0. The quantitative estimate of drug-likeness (QED) is 0.923. The van der Waals surface area contributed by atoms with E-state index in [1.807, 2.05) is 24.3 Å². The van der Waals surface area contributed by atoms with Crippen LogP contribution in [0.2, 0.25) is 0 Å². The van der Waals surface area contributed by atoms with Gasteiger partial charge < -0.3 is 10.1 Å². The number of carbonyl (C=O) groups excluding carboxylic acids is 1. The molecule has 1 heterocycles. The van der Waals surface area contributed by atoms with Gasteiger partial charge in [0.2, 0.25) is 5.91 Å². The van der Waals surface area contributed by atoms with Crippen molar-refractivity contribution in [1.82, 2.24) is 5.32 Å². The van der Waals surface area contributed by atoms with Crippen molar-refractivity contribution in [2.45, 2.75) is 38.0 Å². The monoisotopic (exact) mass is 279 g/mol. The molecule has 3 nitrogen and oxygen atoms in total. The van der Waals surface area contributed by atoms with Gasteiger partial charge in [0.15, 0.2) is 0 Å². The Balaban J connectivity index is 1.95. The van der Waals surface area contributed by atoms with Gasteiger partial charge in [0.25, 0.3) is 0 Å². The molecule has 2 rings (SSSR count). The van der Waals surface area contributed by atoms with Crippen LogP contribution in [0.3, 0.4) is 0 Å². The highest BCUT2D eigenvalue weighted by atomic mass is 32.2. The summed E-state index contributed by atoms with van der Waals surface area (Å²) in [6, 6.07) is 8.00. The number of hydrogen-bond donors (Lipinski definition) is 1. The van der Waals surface area contributed by atoms with Crippen molar-refractivity contribution >= 4 is 17.7 Å². The number of benzene rings is 1. The molecule has 1 aliphatic heterocycles. The lowest BCUT2D eigenvalue weighted by Gasteiger charge is -2.27. The van der Waals surface area contributed by atoms with Crippen LogP contribution in [0.4, 0.5) is 0 Å². The van der Waals surface area contributed by atoms with Crippen molar-refractivity contribution in [3.8, 4) is 5.75 Å². The number of thioether (sulfide) groups is 1. The molecule has 1 aromatic rings. The van der Waals surface area contributed by atoms with E-state index in [-0.39, 0.29) is 16.7 Å². The molecule has 19 heavy (non-hydrogen) atoms. The number of amides is 1. The summed E-state index contributed by atoms with van der Waals surface area (Å²) in [6.45, 7) is 7.02. The minimum absolute atomic E-state index is 0.0815. The highest BCUT2D eigenvalue weighted by Crippen LogP contribution is 2.31. The second-order valence-corrected chi connectivity index (χ2v) is 7.50. The Labute approximate surface area is 119 Å². The predicted molar refractivity (Wildman–Crippen MR) is 79.6 cm³/mol. The molecule has 0 aromatic heterocycles. The Morgan fingerprint density at radius 1 is 1.42 bits per heavy atom. The maximum Gasteiger partial charge on any atom is 0.230 e. The van der Waals surface area contributed by atoms with E-state index in [1.54, 1.807) is 11.8 Å². The van der Waals surface area contributed by atoms with Gasteiger partial charge >= 0.3 is 0 Å². The van der Waals surface area contributed by atoms with Crippen LogP contribution in [-0.2, 0) is 4.79 Å². The molecule has 1 atom stereocenters. The molecule has 0 saturated carbocycles. The molecule has 1 aliphatic rings. The van der Waals surface area contributed by atoms with E-state index in [0.717, 1.165) is 17.7 Å². The van der Waals surface area contributed by atoms with E-state index >= 15 is 0 Å². The second kappa shape index (κ2) is 5.87. The number of hydrogen-bond acceptors (Lipinski definition) is 3. The second-order valence-electron chi connectivity index (χ2n) is 5.70. The molecule has 0 aliphatic carbocycles. The van der Waals surface area contributed by atoms with E-state index < -0.39 is 0 Å². The molecule has 4 heteroatoms. The molecule has 104 valence electrons. The van der Waals surface area contributed by atoms with Gasteiger partial charge in [-0.05, 0) is 6.07 Å². The van der Waals surface area contributed by atoms with Crippen LogP contribution in [0.15, 0.2) is 24.3 Å². The van der Waals surface area contributed by atoms with Gasteiger partial charge in [-0.2, -0.15) is 0 Å². The fourth-order valence-corrected chi connectivity index (χ4v) is 2.66. The third-order valence-electron chi connectivity index (χ3n) is 2.93. The number of rotatable bonds is 3. The molecule has 1 N–H and O–H groups in total. The summed E-state index contributed by atoms with van der Waals surface area (Å²) in [5, 5.41) is 3.11. The smallest absolute Gasteiger partial charge is 0.230 e. The molecule has 0 fully saturated rings. The van der Waals surface area contributed by atoms with Crippen molar-refractivity contribution in [2.24, 2.45) is 0 Å². The van der Waals surface area contributed by atoms with E-state index in [2.05, 4.69) is 26.1 Å². The highest BCUT2D eigenvalue weighted by Gasteiger charge is 2.23. The summed E-state index contributed by atoms with van der Waals surface area (Å²) in [4.78, 5) is 12.0. The lowest BCUT2D eigenvalue weighted by molar-refractivity contribution is -0.119. The summed E-state index contributed by atoms with van der Waals surface area (Å²) in [5.74, 6) is 1.49. The lowest BCUT2D eigenvalue weighted by Crippen LogP contribution is -2.34. The molecule has 0 radical (unpaired) electrons.